The van der Waals surface area contributed by atoms with E-state index in [0.29, 0.717) is 5.41 Å². The lowest BCUT2D eigenvalue weighted by Crippen LogP contribution is -2.43. The Kier molecular flexibility index (Phi) is 8.17. The molecule has 0 aromatic carbocycles. The van der Waals surface area contributed by atoms with Crippen molar-refractivity contribution in [3.05, 3.63) is 0 Å². The summed E-state index contributed by atoms with van der Waals surface area (Å²) in [7, 11) is 0. The van der Waals surface area contributed by atoms with Crippen molar-refractivity contribution in [2.45, 2.75) is 98.4 Å². The molecule has 0 aromatic heterocycles. The van der Waals surface area contributed by atoms with Crippen LogP contribution in [0.3, 0.4) is 0 Å². The lowest BCUT2D eigenvalue weighted by Gasteiger charge is -2.42. The second-order valence-electron chi connectivity index (χ2n) is 8.05. The van der Waals surface area contributed by atoms with Gasteiger partial charge in [-0.05, 0) is 55.9 Å². The van der Waals surface area contributed by atoms with Crippen molar-refractivity contribution in [3.63, 3.8) is 0 Å². The summed E-state index contributed by atoms with van der Waals surface area (Å²) in [5.41, 5.74) is 0.497. The highest BCUT2D eigenvalue weighted by Crippen LogP contribution is 2.41. The van der Waals surface area contributed by atoms with E-state index < -0.39 is 0 Å². The molecule has 0 amide bonds. The minimum Gasteiger partial charge on any atom is -0.314 e. The van der Waals surface area contributed by atoms with E-state index >= 15 is 0 Å². The first-order valence-electron chi connectivity index (χ1n) is 9.22. The molecule has 1 aliphatic rings. The predicted molar refractivity (Wildman–Crippen MR) is 91.1 cm³/mol. The Balaban J connectivity index is 2.49. The van der Waals surface area contributed by atoms with Gasteiger partial charge in [-0.25, -0.2) is 0 Å². The summed E-state index contributed by atoms with van der Waals surface area (Å²) in [4.78, 5) is 0. The molecule has 3 unspecified atom stereocenters. The van der Waals surface area contributed by atoms with Gasteiger partial charge in [-0.15, -0.1) is 0 Å². The van der Waals surface area contributed by atoms with Gasteiger partial charge in [-0.3, -0.25) is 0 Å². The van der Waals surface area contributed by atoms with Crippen LogP contribution in [0.1, 0.15) is 92.4 Å². The van der Waals surface area contributed by atoms with Crippen LogP contribution in [-0.4, -0.2) is 12.6 Å². The third kappa shape index (κ3) is 6.16. The number of nitrogens with one attached hydrogen (secondary N) is 1. The molecule has 1 heteroatoms. The van der Waals surface area contributed by atoms with E-state index in [-0.39, 0.29) is 0 Å². The lowest BCUT2D eigenvalue weighted by atomic mass is 9.66. The minimum atomic E-state index is 0.497. The van der Waals surface area contributed by atoms with Crippen molar-refractivity contribution in [3.8, 4) is 0 Å². The van der Waals surface area contributed by atoms with E-state index in [4.69, 9.17) is 0 Å². The quantitative estimate of drug-likeness (QED) is 0.555. The molecule has 0 saturated heterocycles. The van der Waals surface area contributed by atoms with Gasteiger partial charge < -0.3 is 5.32 Å². The summed E-state index contributed by atoms with van der Waals surface area (Å²) >= 11 is 0. The SMILES string of the molecule is CCCCCCC1CC(C(C)(C)C)CCC1NCCC. The van der Waals surface area contributed by atoms with Crippen LogP contribution in [0.5, 0.6) is 0 Å². The van der Waals surface area contributed by atoms with Gasteiger partial charge >= 0.3 is 0 Å². The third-order valence-electron chi connectivity index (χ3n) is 5.29. The zero-order chi connectivity index (χ0) is 15.0. The van der Waals surface area contributed by atoms with Crippen molar-refractivity contribution in [1.29, 1.82) is 0 Å². The molecule has 0 bridgehead atoms. The van der Waals surface area contributed by atoms with Crippen molar-refractivity contribution in [2.24, 2.45) is 17.3 Å². The summed E-state index contributed by atoms with van der Waals surface area (Å²) in [5, 5.41) is 3.83. The molecule has 0 heterocycles. The van der Waals surface area contributed by atoms with Crippen LogP contribution in [0.25, 0.3) is 0 Å². The smallest absolute Gasteiger partial charge is 0.00955 e. The molecule has 1 saturated carbocycles. The Morgan fingerprint density at radius 1 is 0.950 bits per heavy atom. The van der Waals surface area contributed by atoms with E-state index in [2.05, 4.69) is 39.9 Å². The molecule has 0 radical (unpaired) electrons. The topological polar surface area (TPSA) is 12.0 Å². The van der Waals surface area contributed by atoms with Gasteiger partial charge in [0.1, 0.15) is 0 Å². The van der Waals surface area contributed by atoms with E-state index in [1.807, 2.05) is 0 Å². The second kappa shape index (κ2) is 9.07. The number of hydrogen-bond acceptors (Lipinski definition) is 1. The Bertz CT molecular complexity index is 241. The zero-order valence-electron chi connectivity index (χ0n) is 14.8. The molecule has 1 fully saturated rings. The standard InChI is InChI=1S/C19H39N/c1-6-8-9-10-11-16-15-17(19(3,4)5)12-13-18(16)20-14-7-2/h16-18,20H,6-15H2,1-5H3. The maximum absolute atomic E-state index is 3.83. The fourth-order valence-corrected chi connectivity index (χ4v) is 3.80. The Labute approximate surface area is 128 Å². The van der Waals surface area contributed by atoms with E-state index in [0.717, 1.165) is 17.9 Å². The highest BCUT2D eigenvalue weighted by molar-refractivity contribution is 4.88. The summed E-state index contributed by atoms with van der Waals surface area (Å²) in [6, 6.07) is 0.801. The van der Waals surface area contributed by atoms with Crippen LogP contribution in [0.2, 0.25) is 0 Å². The lowest BCUT2D eigenvalue weighted by molar-refractivity contribution is 0.108. The highest BCUT2D eigenvalue weighted by atomic mass is 14.9. The van der Waals surface area contributed by atoms with Crippen LogP contribution in [0, 0.1) is 17.3 Å². The van der Waals surface area contributed by atoms with Gasteiger partial charge in [-0.2, -0.15) is 0 Å². The van der Waals surface area contributed by atoms with Gasteiger partial charge in [-0.1, -0.05) is 60.3 Å². The largest absolute Gasteiger partial charge is 0.314 e. The molecule has 1 nitrogen and oxygen atoms in total. The maximum Gasteiger partial charge on any atom is 0.00955 e. The van der Waals surface area contributed by atoms with Crippen LogP contribution in [0.15, 0.2) is 0 Å². The summed E-state index contributed by atoms with van der Waals surface area (Å²) in [6.07, 6.45) is 12.7. The van der Waals surface area contributed by atoms with Gasteiger partial charge in [0.25, 0.3) is 0 Å². The number of unbranched alkanes of at least 4 members (excludes halogenated alkanes) is 3. The Morgan fingerprint density at radius 3 is 2.30 bits per heavy atom. The number of hydrogen-bond donors (Lipinski definition) is 1. The second-order valence-corrected chi connectivity index (χ2v) is 8.05. The minimum absolute atomic E-state index is 0.497. The van der Waals surface area contributed by atoms with Gasteiger partial charge in [0, 0.05) is 6.04 Å². The zero-order valence-corrected chi connectivity index (χ0v) is 14.8. The fraction of sp³-hybridized carbons (Fsp3) is 1.00. The van der Waals surface area contributed by atoms with Gasteiger partial charge in [0.05, 0.1) is 0 Å². The fourth-order valence-electron chi connectivity index (χ4n) is 3.80. The predicted octanol–water partition coefficient (Wildman–Crippen LogP) is 5.79. The first-order chi connectivity index (χ1) is 9.49. The molecular formula is C19H39N. The molecular weight excluding hydrogens is 242 g/mol. The monoisotopic (exact) mass is 281 g/mol. The average Bonchev–Trinajstić information content (AvgIpc) is 2.41. The van der Waals surface area contributed by atoms with E-state index in [1.54, 1.807) is 0 Å². The first-order valence-corrected chi connectivity index (χ1v) is 9.22. The van der Waals surface area contributed by atoms with E-state index in [9.17, 15) is 0 Å². The molecule has 0 aliphatic heterocycles. The first kappa shape index (κ1) is 18.0. The van der Waals surface area contributed by atoms with Crippen LogP contribution < -0.4 is 5.32 Å². The number of rotatable bonds is 8. The Morgan fingerprint density at radius 2 is 1.70 bits per heavy atom. The molecule has 3 atom stereocenters. The molecule has 20 heavy (non-hydrogen) atoms. The van der Waals surface area contributed by atoms with Crippen molar-refractivity contribution >= 4 is 0 Å². The normalized spacial score (nSPS) is 27.8. The molecule has 0 aromatic rings. The average molecular weight is 282 g/mol. The maximum atomic E-state index is 3.83. The molecule has 120 valence electrons. The van der Waals surface area contributed by atoms with Gasteiger partial charge in [0.15, 0.2) is 0 Å². The summed E-state index contributed by atoms with van der Waals surface area (Å²) < 4.78 is 0. The highest BCUT2D eigenvalue weighted by Gasteiger charge is 2.35. The van der Waals surface area contributed by atoms with Crippen molar-refractivity contribution < 1.29 is 0 Å². The van der Waals surface area contributed by atoms with Crippen LogP contribution >= 0.6 is 0 Å². The van der Waals surface area contributed by atoms with Crippen molar-refractivity contribution in [2.75, 3.05) is 6.54 Å². The summed E-state index contributed by atoms with van der Waals surface area (Å²) in [6.45, 7) is 13.1. The van der Waals surface area contributed by atoms with E-state index in [1.165, 1.54) is 64.3 Å². The van der Waals surface area contributed by atoms with Gasteiger partial charge in [0.2, 0.25) is 0 Å². The summed E-state index contributed by atoms with van der Waals surface area (Å²) in [5.74, 6) is 1.86. The van der Waals surface area contributed by atoms with Crippen LogP contribution in [0.4, 0.5) is 0 Å². The molecule has 0 spiro atoms. The molecule has 1 rings (SSSR count). The van der Waals surface area contributed by atoms with Crippen LogP contribution in [-0.2, 0) is 0 Å². The molecule has 1 N–H and O–H groups in total. The third-order valence-corrected chi connectivity index (χ3v) is 5.29. The Hall–Kier alpha value is -0.0400. The molecule has 1 aliphatic carbocycles. The van der Waals surface area contributed by atoms with Crippen molar-refractivity contribution in [1.82, 2.24) is 5.32 Å².